The molecule has 1 spiro atoms. The number of hydrogen-bond acceptors (Lipinski definition) is 6. The smallest absolute Gasteiger partial charge is 0.311 e. The SMILES string of the molecule is CCCC(C)N1CC=C[C@]23S[C@]4(C)C=CCOC(=O)[C@@H]4[C@H]2C(=O)N([C@H](CO)c2ccccc2)C3C1=O. The highest BCUT2D eigenvalue weighted by molar-refractivity contribution is 8.02. The maximum Gasteiger partial charge on any atom is 0.311 e. The second-order valence-corrected chi connectivity index (χ2v) is 12.2. The van der Waals surface area contributed by atoms with Gasteiger partial charge in [0, 0.05) is 17.3 Å². The lowest BCUT2D eigenvalue weighted by atomic mass is 9.75. The molecule has 192 valence electrons. The fourth-order valence-corrected chi connectivity index (χ4v) is 8.79. The Labute approximate surface area is 216 Å². The predicted molar refractivity (Wildman–Crippen MR) is 138 cm³/mol. The summed E-state index contributed by atoms with van der Waals surface area (Å²) in [6.07, 6.45) is 9.57. The Kier molecular flexibility index (Phi) is 6.53. The Morgan fingerprint density at radius 3 is 2.56 bits per heavy atom. The van der Waals surface area contributed by atoms with E-state index >= 15 is 0 Å². The Morgan fingerprint density at radius 2 is 1.86 bits per heavy atom. The molecule has 36 heavy (non-hydrogen) atoms. The molecule has 0 aromatic heterocycles. The Balaban J connectivity index is 1.69. The second kappa shape index (κ2) is 9.38. The topological polar surface area (TPSA) is 87.2 Å². The average molecular weight is 511 g/mol. The zero-order valence-corrected chi connectivity index (χ0v) is 21.8. The summed E-state index contributed by atoms with van der Waals surface area (Å²) in [4.78, 5) is 45.5. The molecule has 4 heterocycles. The second-order valence-electron chi connectivity index (χ2n) is 10.4. The molecule has 1 aromatic carbocycles. The van der Waals surface area contributed by atoms with Crippen molar-refractivity contribution >= 4 is 29.5 Å². The summed E-state index contributed by atoms with van der Waals surface area (Å²) < 4.78 is 3.86. The van der Waals surface area contributed by atoms with Gasteiger partial charge in [-0.1, -0.05) is 61.9 Å². The number of carbonyl (C=O) groups excluding carboxylic acids is 3. The summed E-state index contributed by atoms with van der Waals surface area (Å²) in [6.45, 7) is 6.40. The zero-order valence-electron chi connectivity index (χ0n) is 21.0. The third-order valence-electron chi connectivity index (χ3n) is 8.21. The summed E-state index contributed by atoms with van der Waals surface area (Å²) >= 11 is 1.52. The van der Waals surface area contributed by atoms with Crippen LogP contribution in [0.2, 0.25) is 0 Å². The molecule has 7 atom stereocenters. The van der Waals surface area contributed by atoms with Crippen molar-refractivity contribution in [2.75, 3.05) is 19.8 Å². The predicted octanol–water partition coefficient (Wildman–Crippen LogP) is 3.11. The lowest BCUT2D eigenvalue weighted by molar-refractivity contribution is -0.153. The average Bonchev–Trinajstić information content (AvgIpc) is 3.11. The maximum absolute atomic E-state index is 14.4. The van der Waals surface area contributed by atoms with Crippen LogP contribution < -0.4 is 0 Å². The molecule has 4 aliphatic rings. The van der Waals surface area contributed by atoms with Gasteiger partial charge in [0.15, 0.2) is 0 Å². The molecule has 2 saturated heterocycles. The number of rotatable bonds is 6. The van der Waals surface area contributed by atoms with Gasteiger partial charge in [0.05, 0.1) is 29.2 Å². The third-order valence-corrected chi connectivity index (χ3v) is 10.0. The van der Waals surface area contributed by atoms with Gasteiger partial charge in [-0.3, -0.25) is 14.4 Å². The van der Waals surface area contributed by atoms with Gasteiger partial charge in [0.1, 0.15) is 12.6 Å². The lowest BCUT2D eigenvalue weighted by Gasteiger charge is -2.40. The third kappa shape index (κ3) is 3.64. The van der Waals surface area contributed by atoms with E-state index in [0.717, 1.165) is 18.4 Å². The molecule has 0 aliphatic carbocycles. The van der Waals surface area contributed by atoms with E-state index in [0.29, 0.717) is 6.54 Å². The number of likely N-dealkylation sites (tertiary alicyclic amines) is 1. The van der Waals surface area contributed by atoms with Crippen molar-refractivity contribution < 1.29 is 24.2 Å². The molecule has 5 rings (SSSR count). The van der Waals surface area contributed by atoms with Crippen LogP contribution in [0.15, 0.2) is 54.6 Å². The number of amides is 2. The quantitative estimate of drug-likeness (QED) is 0.468. The standard InChI is InChI=1S/C28H34N2O5S/c1-4-10-18(2)29-15-8-14-28-21(22-26(34)35-16-9-13-27(22,3)36-28)24(32)30(23(28)25(29)33)20(17-31)19-11-6-5-7-12-19/h5-9,11-14,18,20-23,31H,4,10,15-17H2,1-3H3/t18?,20-,21+,22+,23?,27-,28+/m1/s1. The van der Waals surface area contributed by atoms with Gasteiger partial charge in [0.25, 0.3) is 0 Å². The number of carbonyl (C=O) groups is 3. The molecule has 1 aromatic rings. The van der Waals surface area contributed by atoms with E-state index in [1.54, 1.807) is 4.90 Å². The van der Waals surface area contributed by atoms with Gasteiger partial charge in [-0.05, 0) is 31.9 Å². The molecule has 0 saturated carbocycles. The van der Waals surface area contributed by atoms with Crippen LogP contribution in [0.3, 0.4) is 0 Å². The van der Waals surface area contributed by atoms with Crippen molar-refractivity contribution in [2.45, 2.75) is 61.2 Å². The first-order valence-electron chi connectivity index (χ1n) is 12.8. The first kappa shape index (κ1) is 25.1. The number of aliphatic hydroxyl groups is 1. The minimum atomic E-state index is -0.947. The number of hydrogen-bond donors (Lipinski definition) is 1. The molecular formula is C28H34N2O5S. The summed E-state index contributed by atoms with van der Waals surface area (Å²) in [5, 5.41) is 10.6. The van der Waals surface area contributed by atoms with E-state index in [1.807, 2.05) is 73.4 Å². The lowest BCUT2D eigenvalue weighted by Crippen LogP contribution is -2.56. The number of esters is 1. The van der Waals surface area contributed by atoms with Gasteiger partial charge in [-0.25, -0.2) is 0 Å². The summed E-state index contributed by atoms with van der Waals surface area (Å²) in [6, 6.07) is 7.78. The highest BCUT2D eigenvalue weighted by atomic mass is 32.2. The van der Waals surface area contributed by atoms with E-state index in [-0.39, 0.29) is 31.1 Å². The molecule has 7 nitrogen and oxygen atoms in total. The number of aliphatic hydroxyl groups excluding tert-OH is 1. The van der Waals surface area contributed by atoms with Crippen LogP contribution in [-0.4, -0.2) is 74.0 Å². The number of fused-ring (bicyclic) bond motifs is 2. The Bertz CT molecular complexity index is 1110. The van der Waals surface area contributed by atoms with Gasteiger partial charge >= 0.3 is 5.97 Å². The first-order valence-corrected chi connectivity index (χ1v) is 13.6. The number of nitrogens with zero attached hydrogens (tertiary/aromatic N) is 2. The van der Waals surface area contributed by atoms with Crippen LogP contribution in [0.25, 0.3) is 0 Å². The molecule has 0 bridgehead atoms. The monoisotopic (exact) mass is 510 g/mol. The van der Waals surface area contributed by atoms with Crippen molar-refractivity contribution in [3.63, 3.8) is 0 Å². The van der Waals surface area contributed by atoms with Crippen molar-refractivity contribution in [1.82, 2.24) is 9.80 Å². The van der Waals surface area contributed by atoms with Crippen LogP contribution in [0.4, 0.5) is 0 Å². The molecule has 2 fully saturated rings. The van der Waals surface area contributed by atoms with Gasteiger partial charge in [0.2, 0.25) is 11.8 Å². The van der Waals surface area contributed by atoms with Crippen molar-refractivity contribution in [3.8, 4) is 0 Å². The molecule has 1 N–H and O–H groups in total. The maximum atomic E-state index is 14.4. The Morgan fingerprint density at radius 1 is 1.11 bits per heavy atom. The number of cyclic esters (lactones) is 1. The summed E-state index contributed by atoms with van der Waals surface area (Å²) in [7, 11) is 0. The van der Waals surface area contributed by atoms with E-state index in [9.17, 15) is 19.5 Å². The minimum absolute atomic E-state index is 0.0000627. The van der Waals surface area contributed by atoms with Crippen LogP contribution in [0, 0.1) is 11.8 Å². The van der Waals surface area contributed by atoms with Gasteiger partial charge in [-0.15, -0.1) is 11.8 Å². The molecule has 8 heteroatoms. The number of benzene rings is 1. The van der Waals surface area contributed by atoms with E-state index in [1.165, 1.54) is 11.8 Å². The number of thioether (sulfide) groups is 1. The van der Waals surface area contributed by atoms with Gasteiger partial charge < -0.3 is 19.6 Å². The zero-order chi connectivity index (χ0) is 25.7. The van der Waals surface area contributed by atoms with E-state index in [2.05, 4.69) is 6.92 Å². The summed E-state index contributed by atoms with van der Waals surface area (Å²) in [5.41, 5.74) is 0.758. The molecule has 4 aliphatic heterocycles. The Hall–Kier alpha value is -2.58. The first-order chi connectivity index (χ1) is 17.3. The van der Waals surface area contributed by atoms with Crippen molar-refractivity contribution in [3.05, 3.63) is 60.2 Å². The highest BCUT2D eigenvalue weighted by Gasteiger charge is 2.74. The molecular weight excluding hydrogens is 476 g/mol. The largest absolute Gasteiger partial charge is 0.461 e. The van der Waals surface area contributed by atoms with Crippen LogP contribution in [0.5, 0.6) is 0 Å². The molecule has 2 amide bonds. The van der Waals surface area contributed by atoms with Crippen LogP contribution >= 0.6 is 11.8 Å². The fraction of sp³-hybridized carbons (Fsp3) is 0.536. The fourth-order valence-electron chi connectivity index (χ4n) is 6.65. The van der Waals surface area contributed by atoms with E-state index < -0.39 is 39.4 Å². The molecule has 0 radical (unpaired) electrons. The van der Waals surface area contributed by atoms with Crippen LogP contribution in [0.1, 0.15) is 45.2 Å². The highest BCUT2D eigenvalue weighted by Crippen LogP contribution is 2.66. The normalized spacial score (nSPS) is 35.0. The van der Waals surface area contributed by atoms with Crippen molar-refractivity contribution in [2.24, 2.45) is 11.8 Å². The van der Waals surface area contributed by atoms with Gasteiger partial charge in [-0.2, -0.15) is 0 Å². The number of ether oxygens (including phenoxy) is 1. The van der Waals surface area contributed by atoms with E-state index in [4.69, 9.17) is 4.74 Å². The minimum Gasteiger partial charge on any atom is -0.461 e. The summed E-state index contributed by atoms with van der Waals surface area (Å²) in [5.74, 6) is -2.32. The van der Waals surface area contributed by atoms with Crippen LogP contribution in [-0.2, 0) is 19.1 Å². The molecule has 2 unspecified atom stereocenters. The van der Waals surface area contributed by atoms with Crippen molar-refractivity contribution in [1.29, 1.82) is 0 Å².